The van der Waals surface area contributed by atoms with Gasteiger partial charge in [-0.05, 0) is 24.0 Å². The fourth-order valence-corrected chi connectivity index (χ4v) is 1.94. The number of hydrogen-bond acceptors (Lipinski definition) is 2. The zero-order chi connectivity index (χ0) is 10.8. The van der Waals surface area contributed by atoms with Gasteiger partial charge in [0, 0.05) is 0 Å². The fraction of sp³-hybridized carbons (Fsp3) is 0.273. The molecule has 0 saturated carbocycles. The monoisotopic (exact) mass is 204 g/mol. The van der Waals surface area contributed by atoms with E-state index in [4.69, 9.17) is 5.73 Å². The summed E-state index contributed by atoms with van der Waals surface area (Å²) in [4.78, 5) is 21.7. The molecule has 0 saturated heterocycles. The largest absolute Gasteiger partial charge is 0.361 e. The maximum Gasteiger partial charge on any atom is 0.309 e. The van der Waals surface area contributed by atoms with Gasteiger partial charge in [-0.2, -0.15) is 0 Å². The fourth-order valence-electron chi connectivity index (χ4n) is 1.94. The molecule has 1 aliphatic carbocycles. The molecule has 4 heteroatoms. The molecule has 15 heavy (non-hydrogen) atoms. The van der Waals surface area contributed by atoms with Crippen LogP contribution in [0.15, 0.2) is 24.3 Å². The van der Waals surface area contributed by atoms with E-state index in [1.807, 2.05) is 24.3 Å². The van der Waals surface area contributed by atoms with Crippen molar-refractivity contribution in [1.29, 1.82) is 0 Å². The van der Waals surface area contributed by atoms with E-state index >= 15 is 0 Å². The van der Waals surface area contributed by atoms with Gasteiger partial charge in [0.05, 0.1) is 6.04 Å². The Balaban J connectivity index is 2.14. The summed E-state index contributed by atoms with van der Waals surface area (Å²) in [5.74, 6) is -1.64. The number of carbonyl (C=O) groups is 2. The van der Waals surface area contributed by atoms with Crippen LogP contribution < -0.4 is 11.1 Å². The number of rotatable bonds is 1. The molecule has 2 rings (SSSR count). The summed E-state index contributed by atoms with van der Waals surface area (Å²) in [6.07, 6.45) is 1.76. The Hall–Kier alpha value is -1.84. The molecule has 4 nitrogen and oxygen atoms in total. The van der Waals surface area contributed by atoms with Crippen LogP contribution in [0.4, 0.5) is 0 Å². The van der Waals surface area contributed by atoms with Crippen molar-refractivity contribution in [1.82, 2.24) is 5.32 Å². The number of hydrogen-bond donors (Lipinski definition) is 2. The lowest BCUT2D eigenvalue weighted by Crippen LogP contribution is -2.37. The Morgan fingerprint density at radius 3 is 2.80 bits per heavy atom. The van der Waals surface area contributed by atoms with Crippen LogP contribution in [-0.4, -0.2) is 11.8 Å². The molecule has 1 aromatic rings. The van der Waals surface area contributed by atoms with E-state index in [2.05, 4.69) is 5.32 Å². The van der Waals surface area contributed by atoms with Crippen LogP contribution in [-0.2, 0) is 16.0 Å². The Kier molecular flexibility index (Phi) is 2.41. The number of aryl methyl sites for hydroxylation is 1. The molecule has 1 atom stereocenters. The summed E-state index contributed by atoms with van der Waals surface area (Å²) in [5, 5.41) is 2.62. The molecule has 0 fully saturated rings. The molecule has 1 unspecified atom stereocenters. The van der Waals surface area contributed by atoms with E-state index < -0.39 is 11.8 Å². The zero-order valence-corrected chi connectivity index (χ0v) is 8.19. The number of nitrogens with two attached hydrogens (primary N) is 1. The van der Waals surface area contributed by atoms with Gasteiger partial charge >= 0.3 is 11.8 Å². The number of amides is 2. The summed E-state index contributed by atoms with van der Waals surface area (Å²) in [5.41, 5.74) is 7.20. The predicted molar refractivity (Wildman–Crippen MR) is 54.8 cm³/mol. The first-order valence-corrected chi connectivity index (χ1v) is 4.86. The molecule has 0 radical (unpaired) electrons. The van der Waals surface area contributed by atoms with Crippen LogP contribution in [0, 0.1) is 0 Å². The lowest BCUT2D eigenvalue weighted by molar-refractivity contribution is -0.137. The Bertz CT molecular complexity index is 415. The number of carbonyl (C=O) groups excluding carboxylic acids is 2. The average Bonchev–Trinajstić information content (AvgIpc) is 2.62. The van der Waals surface area contributed by atoms with Crippen molar-refractivity contribution in [3.05, 3.63) is 35.4 Å². The number of primary amides is 1. The second-order valence-electron chi connectivity index (χ2n) is 3.63. The minimum absolute atomic E-state index is 0.0683. The van der Waals surface area contributed by atoms with Crippen molar-refractivity contribution < 1.29 is 9.59 Å². The van der Waals surface area contributed by atoms with E-state index in [-0.39, 0.29) is 6.04 Å². The predicted octanol–water partition coefficient (Wildman–Crippen LogP) is 0.275. The highest BCUT2D eigenvalue weighted by Crippen LogP contribution is 2.30. The SMILES string of the molecule is NC(=O)C(=O)NC1CCc2ccccc21. The zero-order valence-electron chi connectivity index (χ0n) is 8.19. The molecule has 3 N–H and O–H groups in total. The molecule has 1 aromatic carbocycles. The smallest absolute Gasteiger partial charge is 0.309 e. The molecule has 0 aliphatic heterocycles. The Labute approximate surface area is 87.5 Å². The number of fused-ring (bicyclic) bond motifs is 1. The molecular weight excluding hydrogens is 192 g/mol. The second-order valence-corrected chi connectivity index (χ2v) is 3.63. The van der Waals surface area contributed by atoms with Crippen LogP contribution in [0.25, 0.3) is 0 Å². The average molecular weight is 204 g/mol. The van der Waals surface area contributed by atoms with Gasteiger partial charge in [-0.25, -0.2) is 0 Å². The highest BCUT2D eigenvalue weighted by Gasteiger charge is 2.24. The molecule has 2 amide bonds. The van der Waals surface area contributed by atoms with Gasteiger partial charge in [0.2, 0.25) is 0 Å². The molecule has 1 aliphatic rings. The van der Waals surface area contributed by atoms with Crippen LogP contribution in [0.3, 0.4) is 0 Å². The minimum Gasteiger partial charge on any atom is -0.361 e. The van der Waals surface area contributed by atoms with Crippen LogP contribution in [0.5, 0.6) is 0 Å². The molecule has 0 aromatic heterocycles. The lowest BCUT2D eigenvalue weighted by Gasteiger charge is -2.12. The normalized spacial score (nSPS) is 18.3. The van der Waals surface area contributed by atoms with E-state index in [0.717, 1.165) is 18.4 Å². The maximum atomic E-state index is 11.1. The highest BCUT2D eigenvalue weighted by atomic mass is 16.2. The first kappa shape index (κ1) is 9.71. The van der Waals surface area contributed by atoms with E-state index in [1.165, 1.54) is 5.56 Å². The molecule has 0 heterocycles. The second kappa shape index (κ2) is 3.73. The number of benzene rings is 1. The van der Waals surface area contributed by atoms with Crippen LogP contribution >= 0.6 is 0 Å². The van der Waals surface area contributed by atoms with Gasteiger partial charge in [0.15, 0.2) is 0 Å². The summed E-state index contributed by atoms with van der Waals surface area (Å²) < 4.78 is 0. The third kappa shape index (κ3) is 1.83. The number of nitrogens with one attached hydrogen (secondary N) is 1. The van der Waals surface area contributed by atoms with Crippen molar-refractivity contribution in [2.45, 2.75) is 18.9 Å². The summed E-state index contributed by atoms with van der Waals surface area (Å²) >= 11 is 0. The molecular formula is C11H12N2O2. The van der Waals surface area contributed by atoms with E-state index in [0.29, 0.717) is 0 Å². The van der Waals surface area contributed by atoms with Gasteiger partial charge in [-0.1, -0.05) is 24.3 Å². The van der Waals surface area contributed by atoms with Crippen molar-refractivity contribution in [2.75, 3.05) is 0 Å². The van der Waals surface area contributed by atoms with Gasteiger partial charge < -0.3 is 11.1 Å². The van der Waals surface area contributed by atoms with Crippen molar-refractivity contribution in [3.63, 3.8) is 0 Å². The van der Waals surface area contributed by atoms with Gasteiger partial charge in [0.25, 0.3) is 0 Å². The van der Waals surface area contributed by atoms with Gasteiger partial charge in [0.1, 0.15) is 0 Å². The van der Waals surface area contributed by atoms with Gasteiger partial charge in [-0.3, -0.25) is 9.59 Å². The van der Waals surface area contributed by atoms with Crippen LogP contribution in [0.1, 0.15) is 23.6 Å². The third-order valence-corrected chi connectivity index (χ3v) is 2.66. The van der Waals surface area contributed by atoms with Crippen molar-refractivity contribution in [2.24, 2.45) is 5.73 Å². The standard InChI is InChI=1S/C11H12N2O2/c12-10(14)11(15)13-9-6-5-7-3-1-2-4-8(7)9/h1-4,9H,5-6H2,(H2,12,14)(H,13,15). The first-order valence-electron chi connectivity index (χ1n) is 4.86. The maximum absolute atomic E-state index is 11.1. The highest BCUT2D eigenvalue weighted by molar-refractivity contribution is 6.34. The summed E-state index contributed by atoms with van der Waals surface area (Å²) in [6.45, 7) is 0. The van der Waals surface area contributed by atoms with Crippen molar-refractivity contribution >= 4 is 11.8 Å². The van der Waals surface area contributed by atoms with Crippen LogP contribution in [0.2, 0.25) is 0 Å². The van der Waals surface area contributed by atoms with Gasteiger partial charge in [-0.15, -0.1) is 0 Å². The molecule has 0 bridgehead atoms. The quantitative estimate of drug-likeness (QED) is 0.645. The van der Waals surface area contributed by atoms with E-state index in [1.54, 1.807) is 0 Å². The molecule has 0 spiro atoms. The summed E-state index contributed by atoms with van der Waals surface area (Å²) in [7, 11) is 0. The Morgan fingerprint density at radius 2 is 2.07 bits per heavy atom. The minimum atomic E-state index is -0.931. The molecule has 78 valence electrons. The van der Waals surface area contributed by atoms with Crippen molar-refractivity contribution in [3.8, 4) is 0 Å². The first-order chi connectivity index (χ1) is 7.18. The third-order valence-electron chi connectivity index (χ3n) is 2.66. The summed E-state index contributed by atoms with van der Waals surface area (Å²) in [6, 6.07) is 7.83. The van der Waals surface area contributed by atoms with E-state index in [9.17, 15) is 9.59 Å². The topological polar surface area (TPSA) is 72.2 Å². The lowest BCUT2D eigenvalue weighted by atomic mass is 10.1. The Morgan fingerprint density at radius 1 is 1.33 bits per heavy atom.